The fourth-order valence-electron chi connectivity index (χ4n) is 4.50. The van der Waals surface area contributed by atoms with Gasteiger partial charge in [0.05, 0.1) is 26.5 Å². The highest BCUT2D eigenvalue weighted by atomic mass is 16.5. The molecule has 1 amide bonds. The maximum atomic E-state index is 13.4. The summed E-state index contributed by atoms with van der Waals surface area (Å²) >= 11 is 0. The monoisotopic (exact) mass is 396 g/mol. The van der Waals surface area contributed by atoms with Crippen LogP contribution in [0.3, 0.4) is 0 Å². The highest BCUT2D eigenvalue weighted by Crippen LogP contribution is 2.40. The van der Waals surface area contributed by atoms with Crippen molar-refractivity contribution in [2.24, 2.45) is 5.92 Å². The number of nitrogens with zero attached hydrogens (tertiary/aromatic N) is 4. The number of ether oxygens (including phenoxy) is 2. The first-order chi connectivity index (χ1) is 14.2. The lowest BCUT2D eigenvalue weighted by atomic mass is 9.94. The molecule has 29 heavy (non-hydrogen) atoms. The number of carbonyl (C=O) groups excluding carboxylic acids is 1. The summed E-state index contributed by atoms with van der Waals surface area (Å²) < 4.78 is 11.0. The van der Waals surface area contributed by atoms with Crippen LogP contribution >= 0.6 is 0 Å². The van der Waals surface area contributed by atoms with Gasteiger partial charge in [0, 0.05) is 43.5 Å². The third-order valence-corrected chi connectivity index (χ3v) is 6.05. The normalized spacial score (nSPS) is 20.0. The third-order valence-electron chi connectivity index (χ3n) is 6.05. The molecule has 0 spiro atoms. The van der Waals surface area contributed by atoms with E-state index in [9.17, 15) is 4.79 Å². The SMILES string of the molecule is COc1ccc(OC)c(C2CCCN2C(=O)C2CCN(c3cnccn3)CC2)c1. The first kappa shape index (κ1) is 19.5. The topological polar surface area (TPSA) is 67.8 Å². The minimum Gasteiger partial charge on any atom is -0.497 e. The minimum absolute atomic E-state index is 0.0468. The maximum absolute atomic E-state index is 13.4. The lowest BCUT2D eigenvalue weighted by Crippen LogP contribution is -2.42. The molecule has 2 aliphatic rings. The van der Waals surface area contributed by atoms with Gasteiger partial charge in [-0.25, -0.2) is 4.98 Å². The van der Waals surface area contributed by atoms with Crippen molar-refractivity contribution in [3.05, 3.63) is 42.4 Å². The Bertz CT molecular complexity index is 837. The molecule has 1 unspecified atom stereocenters. The second kappa shape index (κ2) is 8.68. The van der Waals surface area contributed by atoms with E-state index in [0.717, 1.165) is 68.2 Å². The second-order valence-electron chi connectivity index (χ2n) is 7.62. The number of carbonyl (C=O) groups is 1. The molecule has 2 fully saturated rings. The smallest absolute Gasteiger partial charge is 0.226 e. The first-order valence-electron chi connectivity index (χ1n) is 10.2. The molecule has 7 heteroatoms. The lowest BCUT2D eigenvalue weighted by Gasteiger charge is -2.35. The van der Waals surface area contributed by atoms with Crippen molar-refractivity contribution in [2.75, 3.05) is 38.8 Å². The Morgan fingerprint density at radius 2 is 1.90 bits per heavy atom. The van der Waals surface area contributed by atoms with Gasteiger partial charge in [0.15, 0.2) is 0 Å². The highest BCUT2D eigenvalue weighted by molar-refractivity contribution is 5.80. The Morgan fingerprint density at radius 1 is 1.07 bits per heavy atom. The van der Waals surface area contributed by atoms with Gasteiger partial charge in [-0.05, 0) is 43.9 Å². The van der Waals surface area contributed by atoms with Gasteiger partial charge in [-0.2, -0.15) is 0 Å². The summed E-state index contributed by atoms with van der Waals surface area (Å²) in [6, 6.07) is 5.87. The van der Waals surface area contributed by atoms with Crippen LogP contribution < -0.4 is 14.4 Å². The van der Waals surface area contributed by atoms with Crippen LogP contribution in [0.1, 0.15) is 37.3 Å². The van der Waals surface area contributed by atoms with Crippen LogP contribution in [0.4, 0.5) is 5.82 Å². The van der Waals surface area contributed by atoms with Gasteiger partial charge in [-0.3, -0.25) is 9.78 Å². The van der Waals surface area contributed by atoms with Gasteiger partial charge in [0.25, 0.3) is 0 Å². The standard InChI is InChI=1S/C22H28N4O3/c1-28-17-5-6-20(29-2)18(14-17)19-4-3-11-26(19)22(27)16-7-12-25(13-8-16)21-15-23-9-10-24-21/h5-6,9-10,14-16,19H,3-4,7-8,11-13H2,1-2H3. The number of likely N-dealkylation sites (tertiary alicyclic amines) is 1. The van der Waals surface area contributed by atoms with Crippen LogP contribution in [0.2, 0.25) is 0 Å². The zero-order valence-electron chi connectivity index (χ0n) is 17.1. The van der Waals surface area contributed by atoms with Gasteiger partial charge in [-0.1, -0.05) is 0 Å². The number of anilines is 1. The van der Waals surface area contributed by atoms with Crippen LogP contribution in [0, 0.1) is 5.92 Å². The van der Waals surface area contributed by atoms with Crippen molar-refractivity contribution in [1.82, 2.24) is 14.9 Å². The fourth-order valence-corrected chi connectivity index (χ4v) is 4.50. The molecule has 2 aromatic rings. The summed E-state index contributed by atoms with van der Waals surface area (Å²) in [7, 11) is 3.34. The molecule has 0 saturated carbocycles. The number of aromatic nitrogens is 2. The van der Waals surface area contributed by atoms with Crippen LogP contribution in [0.25, 0.3) is 0 Å². The molecular weight excluding hydrogens is 368 g/mol. The minimum atomic E-state index is 0.0468. The van der Waals surface area contributed by atoms with E-state index in [0.29, 0.717) is 0 Å². The van der Waals surface area contributed by atoms with Crippen molar-refractivity contribution in [3.8, 4) is 11.5 Å². The van der Waals surface area contributed by atoms with Crippen molar-refractivity contribution in [3.63, 3.8) is 0 Å². The molecule has 2 saturated heterocycles. The molecule has 4 rings (SSSR count). The van der Waals surface area contributed by atoms with Gasteiger partial charge < -0.3 is 19.3 Å². The summed E-state index contributed by atoms with van der Waals surface area (Å²) in [5.74, 6) is 2.81. The zero-order chi connectivity index (χ0) is 20.2. The number of hydrogen-bond donors (Lipinski definition) is 0. The van der Waals surface area contributed by atoms with E-state index in [2.05, 4.69) is 19.8 Å². The summed E-state index contributed by atoms with van der Waals surface area (Å²) in [6.07, 6.45) is 8.82. The van der Waals surface area contributed by atoms with Crippen molar-refractivity contribution in [1.29, 1.82) is 0 Å². The molecule has 154 valence electrons. The van der Waals surface area contributed by atoms with E-state index in [-0.39, 0.29) is 17.9 Å². The fraction of sp³-hybridized carbons (Fsp3) is 0.500. The van der Waals surface area contributed by atoms with Gasteiger partial charge in [0.1, 0.15) is 17.3 Å². The molecule has 1 aromatic carbocycles. The van der Waals surface area contributed by atoms with E-state index >= 15 is 0 Å². The van der Waals surface area contributed by atoms with Gasteiger partial charge in [-0.15, -0.1) is 0 Å². The summed E-state index contributed by atoms with van der Waals surface area (Å²) in [5, 5.41) is 0. The van der Waals surface area contributed by atoms with Gasteiger partial charge in [0.2, 0.25) is 5.91 Å². The zero-order valence-corrected chi connectivity index (χ0v) is 17.1. The number of amides is 1. The highest BCUT2D eigenvalue weighted by Gasteiger charge is 2.36. The predicted octanol–water partition coefficient (Wildman–Crippen LogP) is 3.07. The molecule has 3 heterocycles. The largest absolute Gasteiger partial charge is 0.497 e. The van der Waals surface area contributed by atoms with E-state index in [1.165, 1.54) is 0 Å². The molecule has 1 aromatic heterocycles. The molecular formula is C22H28N4O3. The average molecular weight is 396 g/mol. The second-order valence-corrected chi connectivity index (χ2v) is 7.62. The average Bonchev–Trinajstić information content (AvgIpc) is 3.28. The summed E-state index contributed by atoms with van der Waals surface area (Å²) in [6.45, 7) is 2.46. The van der Waals surface area contributed by atoms with Crippen molar-refractivity contribution >= 4 is 11.7 Å². The number of rotatable bonds is 5. The Kier molecular flexibility index (Phi) is 5.83. The first-order valence-corrected chi connectivity index (χ1v) is 10.2. The lowest BCUT2D eigenvalue weighted by molar-refractivity contribution is -0.137. The Hall–Kier alpha value is -2.83. The molecule has 2 aliphatic heterocycles. The Labute approximate surface area is 171 Å². The quantitative estimate of drug-likeness (QED) is 0.774. The van der Waals surface area contributed by atoms with E-state index in [1.54, 1.807) is 32.8 Å². The number of hydrogen-bond acceptors (Lipinski definition) is 6. The molecule has 0 bridgehead atoms. The Balaban J connectivity index is 1.46. The van der Waals surface area contributed by atoms with Crippen LogP contribution in [-0.2, 0) is 4.79 Å². The number of methoxy groups -OCH3 is 2. The number of benzene rings is 1. The van der Waals surface area contributed by atoms with E-state index in [4.69, 9.17) is 9.47 Å². The van der Waals surface area contributed by atoms with Crippen molar-refractivity contribution < 1.29 is 14.3 Å². The van der Waals surface area contributed by atoms with E-state index < -0.39 is 0 Å². The molecule has 0 N–H and O–H groups in total. The number of piperidine rings is 1. The molecule has 7 nitrogen and oxygen atoms in total. The van der Waals surface area contributed by atoms with Crippen LogP contribution in [0.15, 0.2) is 36.8 Å². The molecule has 0 radical (unpaired) electrons. The Morgan fingerprint density at radius 3 is 2.59 bits per heavy atom. The maximum Gasteiger partial charge on any atom is 0.226 e. The van der Waals surface area contributed by atoms with Crippen LogP contribution in [-0.4, -0.2) is 54.6 Å². The predicted molar refractivity (Wildman–Crippen MR) is 110 cm³/mol. The molecule has 1 atom stereocenters. The summed E-state index contributed by atoms with van der Waals surface area (Å²) in [5.41, 5.74) is 1.04. The van der Waals surface area contributed by atoms with Crippen LogP contribution in [0.5, 0.6) is 11.5 Å². The molecule has 0 aliphatic carbocycles. The third kappa shape index (κ3) is 3.99. The summed E-state index contributed by atoms with van der Waals surface area (Å²) in [4.78, 5) is 26.2. The van der Waals surface area contributed by atoms with Gasteiger partial charge >= 0.3 is 0 Å². The van der Waals surface area contributed by atoms with Crippen molar-refractivity contribution in [2.45, 2.75) is 31.7 Å². The van der Waals surface area contributed by atoms with E-state index in [1.807, 2.05) is 18.2 Å².